The molecule has 0 saturated carbocycles. The molecule has 2 aliphatic heterocycles. The summed E-state index contributed by atoms with van der Waals surface area (Å²) in [6, 6.07) is 1.88. The van der Waals surface area contributed by atoms with Gasteiger partial charge in [-0.25, -0.2) is 9.97 Å². The number of carbonyl (C=O) groups excluding carboxylic acids is 1. The molecule has 162 valence electrons. The maximum Gasteiger partial charge on any atom is 0.239 e. The Labute approximate surface area is 178 Å². The SMILES string of the molecule is CCCc1nccc(-c2cn[nH]c2C2CCN(C(=O)C(C)N3CCOCC3)CC2)n1. The van der Waals surface area contributed by atoms with Crippen molar-refractivity contribution in [3.63, 3.8) is 0 Å². The first-order valence-corrected chi connectivity index (χ1v) is 11.1. The Hall–Kier alpha value is -2.32. The Morgan fingerprint density at radius 1 is 1.27 bits per heavy atom. The molecule has 2 aromatic heterocycles. The van der Waals surface area contributed by atoms with E-state index < -0.39 is 0 Å². The van der Waals surface area contributed by atoms with Gasteiger partial charge in [-0.1, -0.05) is 6.92 Å². The van der Waals surface area contributed by atoms with E-state index in [2.05, 4.69) is 27.0 Å². The van der Waals surface area contributed by atoms with Crippen LogP contribution in [0, 0.1) is 0 Å². The number of morpholine rings is 1. The molecule has 4 rings (SSSR count). The lowest BCUT2D eigenvalue weighted by atomic mass is 9.90. The summed E-state index contributed by atoms with van der Waals surface area (Å²) in [6.07, 6.45) is 7.47. The van der Waals surface area contributed by atoms with E-state index in [0.29, 0.717) is 19.1 Å². The number of likely N-dealkylation sites (tertiary alicyclic amines) is 1. The second kappa shape index (κ2) is 9.66. The van der Waals surface area contributed by atoms with Gasteiger partial charge in [0, 0.05) is 56.0 Å². The lowest BCUT2D eigenvalue weighted by Gasteiger charge is -2.37. The van der Waals surface area contributed by atoms with E-state index in [1.165, 1.54) is 0 Å². The Balaban J connectivity index is 1.40. The number of amides is 1. The number of hydrogen-bond donors (Lipinski definition) is 1. The van der Waals surface area contributed by atoms with E-state index in [9.17, 15) is 4.79 Å². The van der Waals surface area contributed by atoms with Crippen LogP contribution >= 0.6 is 0 Å². The smallest absolute Gasteiger partial charge is 0.239 e. The van der Waals surface area contributed by atoms with Gasteiger partial charge in [0.2, 0.25) is 5.91 Å². The first kappa shape index (κ1) is 20.9. The number of aromatic nitrogens is 4. The van der Waals surface area contributed by atoms with Crippen LogP contribution in [0.25, 0.3) is 11.3 Å². The molecular weight excluding hydrogens is 380 g/mol. The quantitative estimate of drug-likeness (QED) is 0.783. The molecule has 2 aliphatic rings. The number of hydrogen-bond acceptors (Lipinski definition) is 6. The highest BCUT2D eigenvalue weighted by Crippen LogP contribution is 2.33. The summed E-state index contributed by atoms with van der Waals surface area (Å²) in [5.74, 6) is 1.47. The molecule has 4 heterocycles. The lowest BCUT2D eigenvalue weighted by molar-refractivity contribution is -0.139. The number of aryl methyl sites for hydroxylation is 1. The van der Waals surface area contributed by atoms with E-state index in [0.717, 1.165) is 74.6 Å². The van der Waals surface area contributed by atoms with Crippen molar-refractivity contribution < 1.29 is 9.53 Å². The van der Waals surface area contributed by atoms with E-state index in [4.69, 9.17) is 9.72 Å². The van der Waals surface area contributed by atoms with Gasteiger partial charge in [0.1, 0.15) is 5.82 Å². The second-order valence-corrected chi connectivity index (χ2v) is 8.23. The lowest BCUT2D eigenvalue weighted by Crippen LogP contribution is -2.52. The van der Waals surface area contributed by atoms with Gasteiger partial charge in [-0.15, -0.1) is 0 Å². The Morgan fingerprint density at radius 2 is 2.03 bits per heavy atom. The maximum atomic E-state index is 13.0. The molecule has 0 aliphatic carbocycles. The van der Waals surface area contributed by atoms with Crippen molar-refractivity contribution in [1.82, 2.24) is 30.0 Å². The van der Waals surface area contributed by atoms with Crippen molar-refractivity contribution in [3.05, 3.63) is 30.0 Å². The molecule has 8 nitrogen and oxygen atoms in total. The van der Waals surface area contributed by atoms with Crippen LogP contribution in [0.5, 0.6) is 0 Å². The van der Waals surface area contributed by atoms with Crippen LogP contribution in [0.1, 0.15) is 50.5 Å². The van der Waals surface area contributed by atoms with Gasteiger partial charge in [0.05, 0.1) is 31.1 Å². The Kier molecular flexibility index (Phi) is 6.74. The number of nitrogens with zero attached hydrogens (tertiary/aromatic N) is 5. The average Bonchev–Trinajstić information content (AvgIpc) is 3.29. The van der Waals surface area contributed by atoms with Crippen LogP contribution in [0.3, 0.4) is 0 Å². The zero-order valence-corrected chi connectivity index (χ0v) is 18.0. The van der Waals surface area contributed by atoms with Gasteiger partial charge in [0.15, 0.2) is 0 Å². The number of nitrogens with one attached hydrogen (secondary N) is 1. The fraction of sp³-hybridized carbons (Fsp3) is 0.636. The molecule has 1 amide bonds. The zero-order chi connectivity index (χ0) is 20.9. The van der Waals surface area contributed by atoms with Gasteiger partial charge >= 0.3 is 0 Å². The normalized spacial score (nSPS) is 19.7. The summed E-state index contributed by atoms with van der Waals surface area (Å²) < 4.78 is 5.41. The minimum atomic E-state index is -0.0776. The summed E-state index contributed by atoms with van der Waals surface area (Å²) in [7, 11) is 0. The van der Waals surface area contributed by atoms with Crippen LogP contribution in [0.4, 0.5) is 0 Å². The molecule has 1 N–H and O–H groups in total. The fourth-order valence-electron chi connectivity index (χ4n) is 4.48. The number of rotatable bonds is 6. The third-order valence-corrected chi connectivity index (χ3v) is 6.29. The molecule has 1 atom stereocenters. The van der Waals surface area contributed by atoms with Gasteiger partial charge in [-0.3, -0.25) is 14.8 Å². The standard InChI is InChI=1S/C22H32N6O2/c1-3-4-20-23-8-5-19(25-20)18-15-24-26-21(18)17-6-9-28(10-7-17)22(29)16(2)27-11-13-30-14-12-27/h5,8,15-17H,3-4,6-7,9-14H2,1-2H3,(H,24,26). The minimum absolute atomic E-state index is 0.0776. The fourth-order valence-corrected chi connectivity index (χ4v) is 4.48. The van der Waals surface area contributed by atoms with Gasteiger partial charge in [-0.05, 0) is 32.3 Å². The van der Waals surface area contributed by atoms with Gasteiger partial charge in [-0.2, -0.15) is 5.10 Å². The molecule has 0 aromatic carbocycles. The number of H-pyrrole nitrogens is 1. The molecule has 0 bridgehead atoms. The highest BCUT2D eigenvalue weighted by Gasteiger charge is 2.31. The second-order valence-electron chi connectivity index (χ2n) is 8.23. The van der Waals surface area contributed by atoms with Crippen LogP contribution in [0.2, 0.25) is 0 Å². The minimum Gasteiger partial charge on any atom is -0.379 e. The highest BCUT2D eigenvalue weighted by molar-refractivity contribution is 5.81. The predicted octanol–water partition coefficient (Wildman–Crippen LogP) is 2.25. The predicted molar refractivity (Wildman–Crippen MR) is 114 cm³/mol. The maximum absolute atomic E-state index is 13.0. The average molecular weight is 413 g/mol. The monoisotopic (exact) mass is 412 g/mol. The van der Waals surface area contributed by atoms with E-state index in [-0.39, 0.29) is 11.9 Å². The van der Waals surface area contributed by atoms with Crippen molar-refractivity contribution in [3.8, 4) is 11.3 Å². The van der Waals surface area contributed by atoms with Crippen molar-refractivity contribution in [2.75, 3.05) is 39.4 Å². The van der Waals surface area contributed by atoms with E-state index >= 15 is 0 Å². The van der Waals surface area contributed by atoms with Crippen LogP contribution in [-0.2, 0) is 16.0 Å². The Morgan fingerprint density at radius 3 is 2.77 bits per heavy atom. The highest BCUT2D eigenvalue weighted by atomic mass is 16.5. The third kappa shape index (κ3) is 4.54. The number of ether oxygens (including phenoxy) is 1. The molecule has 2 saturated heterocycles. The van der Waals surface area contributed by atoms with Crippen molar-refractivity contribution in [1.29, 1.82) is 0 Å². The molecule has 2 fully saturated rings. The largest absolute Gasteiger partial charge is 0.379 e. The number of aromatic amines is 1. The molecule has 30 heavy (non-hydrogen) atoms. The summed E-state index contributed by atoms with van der Waals surface area (Å²) in [6.45, 7) is 8.81. The van der Waals surface area contributed by atoms with Crippen molar-refractivity contribution in [2.45, 2.75) is 51.5 Å². The first-order valence-electron chi connectivity index (χ1n) is 11.1. The van der Waals surface area contributed by atoms with Crippen LogP contribution in [-0.4, -0.2) is 81.3 Å². The third-order valence-electron chi connectivity index (χ3n) is 6.29. The summed E-state index contributed by atoms with van der Waals surface area (Å²) in [5.41, 5.74) is 3.11. The van der Waals surface area contributed by atoms with E-state index in [1.54, 1.807) is 0 Å². The van der Waals surface area contributed by atoms with Crippen LogP contribution in [0.15, 0.2) is 18.5 Å². The molecule has 8 heteroatoms. The molecule has 2 aromatic rings. The molecule has 0 spiro atoms. The first-order chi connectivity index (χ1) is 14.7. The molecule has 0 radical (unpaired) electrons. The summed E-state index contributed by atoms with van der Waals surface area (Å²) >= 11 is 0. The summed E-state index contributed by atoms with van der Waals surface area (Å²) in [4.78, 5) is 26.3. The van der Waals surface area contributed by atoms with Gasteiger partial charge in [0.25, 0.3) is 0 Å². The topological polar surface area (TPSA) is 87.2 Å². The van der Waals surface area contributed by atoms with Crippen molar-refractivity contribution in [2.24, 2.45) is 0 Å². The number of piperidine rings is 1. The zero-order valence-electron chi connectivity index (χ0n) is 18.0. The molecule has 1 unspecified atom stereocenters. The number of carbonyl (C=O) groups is 1. The Bertz CT molecular complexity index is 840. The van der Waals surface area contributed by atoms with Crippen LogP contribution < -0.4 is 0 Å². The summed E-state index contributed by atoms with van der Waals surface area (Å²) in [5, 5.41) is 7.52. The van der Waals surface area contributed by atoms with Crippen molar-refractivity contribution >= 4 is 5.91 Å². The van der Waals surface area contributed by atoms with Gasteiger partial charge < -0.3 is 9.64 Å². The molecular formula is C22H32N6O2. The van der Waals surface area contributed by atoms with E-state index in [1.807, 2.05) is 30.3 Å².